The topological polar surface area (TPSA) is 53.1 Å². The molecule has 0 spiro atoms. The fourth-order valence-electron chi connectivity index (χ4n) is 3.77. The molecule has 2 heterocycles. The molecule has 1 aromatic carbocycles. The molecule has 148 valence electrons. The highest BCUT2D eigenvalue weighted by Crippen LogP contribution is 2.22. The van der Waals surface area contributed by atoms with Gasteiger partial charge in [0.15, 0.2) is 0 Å². The van der Waals surface area contributed by atoms with Crippen molar-refractivity contribution in [3.8, 4) is 0 Å². The van der Waals surface area contributed by atoms with Crippen molar-refractivity contribution in [3.63, 3.8) is 0 Å². The number of ether oxygens (including phenoxy) is 1. The molecule has 0 radical (unpaired) electrons. The first-order valence-corrected chi connectivity index (χ1v) is 9.65. The lowest BCUT2D eigenvalue weighted by Crippen LogP contribution is -2.44. The number of methoxy groups -OCH3 is 1. The van der Waals surface area contributed by atoms with Crippen LogP contribution in [0.15, 0.2) is 18.2 Å². The Kier molecular flexibility index (Phi) is 6.68. The first-order chi connectivity index (χ1) is 13.0. The Balaban J connectivity index is 1.60. The molecule has 2 fully saturated rings. The number of carbonyl (C=O) groups excluding carboxylic acids is 2. The average Bonchev–Trinajstić information content (AvgIpc) is 2.85. The lowest BCUT2D eigenvalue weighted by molar-refractivity contribution is -0.132. The molecule has 0 aliphatic carbocycles. The van der Waals surface area contributed by atoms with E-state index in [1.807, 2.05) is 4.90 Å². The molecule has 0 unspecified atom stereocenters. The number of hydrogen-bond donors (Lipinski definition) is 0. The standard InChI is InChI=1S/C19H25ClFN3O3/c1-27-12-11-24-8-5-17(19(24)26)22-6-2-7-23(10-9-22)18(25)15-4-3-14(21)13-16(15)20/h3-4,13,17H,2,5-12H2,1H3/t17-/m1/s1. The van der Waals surface area contributed by atoms with Gasteiger partial charge >= 0.3 is 0 Å². The van der Waals surface area contributed by atoms with Gasteiger partial charge in [0, 0.05) is 46.4 Å². The Morgan fingerprint density at radius 3 is 2.81 bits per heavy atom. The van der Waals surface area contributed by atoms with E-state index in [1.54, 1.807) is 12.0 Å². The van der Waals surface area contributed by atoms with Gasteiger partial charge in [0.2, 0.25) is 5.91 Å². The molecule has 2 amide bonds. The monoisotopic (exact) mass is 397 g/mol. The zero-order valence-corrected chi connectivity index (χ0v) is 16.3. The van der Waals surface area contributed by atoms with E-state index in [-0.39, 0.29) is 22.9 Å². The van der Waals surface area contributed by atoms with Gasteiger partial charge in [0.1, 0.15) is 5.82 Å². The van der Waals surface area contributed by atoms with Crippen LogP contribution in [0.2, 0.25) is 5.02 Å². The van der Waals surface area contributed by atoms with Gasteiger partial charge in [-0.25, -0.2) is 4.39 Å². The maximum absolute atomic E-state index is 13.2. The third kappa shape index (κ3) is 4.59. The summed E-state index contributed by atoms with van der Waals surface area (Å²) in [7, 11) is 1.63. The molecule has 0 N–H and O–H groups in total. The number of amides is 2. The largest absolute Gasteiger partial charge is 0.383 e. The molecule has 1 aromatic rings. The van der Waals surface area contributed by atoms with Crippen molar-refractivity contribution in [3.05, 3.63) is 34.6 Å². The number of hydrogen-bond acceptors (Lipinski definition) is 4. The Morgan fingerprint density at radius 1 is 1.26 bits per heavy atom. The van der Waals surface area contributed by atoms with E-state index < -0.39 is 5.82 Å². The van der Waals surface area contributed by atoms with E-state index >= 15 is 0 Å². The van der Waals surface area contributed by atoms with Gasteiger partial charge in [-0.1, -0.05) is 11.6 Å². The zero-order chi connectivity index (χ0) is 19.4. The molecule has 8 heteroatoms. The molecule has 2 aliphatic rings. The lowest BCUT2D eigenvalue weighted by atomic mass is 10.2. The highest BCUT2D eigenvalue weighted by molar-refractivity contribution is 6.33. The molecule has 2 aliphatic heterocycles. The van der Waals surface area contributed by atoms with Gasteiger partial charge in [-0.15, -0.1) is 0 Å². The van der Waals surface area contributed by atoms with E-state index in [0.29, 0.717) is 38.3 Å². The van der Waals surface area contributed by atoms with Crippen LogP contribution in [0.25, 0.3) is 0 Å². The van der Waals surface area contributed by atoms with Gasteiger partial charge in [-0.05, 0) is 31.0 Å². The fourth-order valence-corrected chi connectivity index (χ4v) is 4.02. The van der Waals surface area contributed by atoms with Crippen LogP contribution in [0.4, 0.5) is 4.39 Å². The van der Waals surface area contributed by atoms with Gasteiger partial charge in [0.25, 0.3) is 5.91 Å². The van der Waals surface area contributed by atoms with E-state index in [2.05, 4.69) is 4.90 Å². The van der Waals surface area contributed by atoms with Crippen molar-refractivity contribution in [1.82, 2.24) is 14.7 Å². The minimum atomic E-state index is -0.462. The number of rotatable bonds is 5. The summed E-state index contributed by atoms with van der Waals surface area (Å²) >= 11 is 6.04. The van der Waals surface area contributed by atoms with Crippen LogP contribution in [0.3, 0.4) is 0 Å². The number of likely N-dealkylation sites (tertiary alicyclic amines) is 1. The predicted octanol–water partition coefficient (Wildman–Crippen LogP) is 1.87. The van der Waals surface area contributed by atoms with Crippen LogP contribution in [0.1, 0.15) is 23.2 Å². The third-order valence-corrected chi connectivity index (χ3v) is 5.57. The SMILES string of the molecule is COCCN1CC[C@@H](N2CCCN(C(=O)c3ccc(F)cc3Cl)CC2)C1=O. The van der Waals surface area contributed by atoms with Crippen molar-refractivity contribution < 1.29 is 18.7 Å². The van der Waals surface area contributed by atoms with Gasteiger partial charge in [-0.2, -0.15) is 0 Å². The minimum Gasteiger partial charge on any atom is -0.383 e. The first-order valence-electron chi connectivity index (χ1n) is 9.27. The molecule has 1 atom stereocenters. The molecular formula is C19H25ClFN3O3. The molecule has 2 saturated heterocycles. The van der Waals surface area contributed by atoms with E-state index in [0.717, 1.165) is 32.0 Å². The molecular weight excluding hydrogens is 373 g/mol. The lowest BCUT2D eigenvalue weighted by Gasteiger charge is -2.26. The Hall–Kier alpha value is -1.70. The van der Waals surface area contributed by atoms with Crippen LogP contribution in [-0.2, 0) is 9.53 Å². The molecule has 0 bridgehead atoms. The third-order valence-electron chi connectivity index (χ3n) is 5.25. The van der Waals surface area contributed by atoms with Crippen molar-refractivity contribution in [2.45, 2.75) is 18.9 Å². The maximum Gasteiger partial charge on any atom is 0.255 e. The summed E-state index contributed by atoms with van der Waals surface area (Å²) in [6.07, 6.45) is 1.59. The normalized spacial score (nSPS) is 21.6. The highest BCUT2D eigenvalue weighted by Gasteiger charge is 2.36. The van der Waals surface area contributed by atoms with Crippen LogP contribution in [0, 0.1) is 5.82 Å². The maximum atomic E-state index is 13.2. The van der Waals surface area contributed by atoms with E-state index in [9.17, 15) is 14.0 Å². The molecule has 0 aromatic heterocycles. The second kappa shape index (κ2) is 8.99. The van der Waals surface area contributed by atoms with Gasteiger partial charge in [0.05, 0.1) is 23.2 Å². The number of halogens is 2. The quantitative estimate of drug-likeness (QED) is 0.761. The summed E-state index contributed by atoms with van der Waals surface area (Å²) < 4.78 is 18.3. The summed E-state index contributed by atoms with van der Waals surface area (Å²) in [5.74, 6) is -0.508. The van der Waals surface area contributed by atoms with Crippen molar-refractivity contribution >= 4 is 23.4 Å². The number of carbonyl (C=O) groups is 2. The second-order valence-corrected chi connectivity index (χ2v) is 7.34. The number of nitrogens with zero attached hydrogens (tertiary/aromatic N) is 3. The van der Waals surface area contributed by atoms with Crippen LogP contribution in [-0.4, -0.2) is 85.5 Å². The smallest absolute Gasteiger partial charge is 0.255 e. The fraction of sp³-hybridized carbons (Fsp3) is 0.579. The second-order valence-electron chi connectivity index (χ2n) is 6.93. The first kappa shape index (κ1) is 20.0. The Labute approximate surface area is 163 Å². The van der Waals surface area contributed by atoms with Gasteiger partial charge in [-0.3, -0.25) is 14.5 Å². The van der Waals surface area contributed by atoms with Crippen molar-refractivity contribution in [1.29, 1.82) is 0 Å². The summed E-state index contributed by atoms with van der Waals surface area (Å²) in [6.45, 7) is 4.43. The Bertz CT molecular complexity index is 703. The summed E-state index contributed by atoms with van der Waals surface area (Å²) in [5, 5.41) is 0.126. The molecule has 6 nitrogen and oxygen atoms in total. The predicted molar refractivity (Wildman–Crippen MR) is 100 cm³/mol. The van der Waals surface area contributed by atoms with E-state index in [4.69, 9.17) is 16.3 Å². The molecule has 27 heavy (non-hydrogen) atoms. The van der Waals surface area contributed by atoms with Crippen LogP contribution in [0.5, 0.6) is 0 Å². The number of benzene rings is 1. The van der Waals surface area contributed by atoms with Crippen molar-refractivity contribution in [2.75, 3.05) is 53.0 Å². The van der Waals surface area contributed by atoms with Crippen LogP contribution >= 0.6 is 11.6 Å². The summed E-state index contributed by atoms with van der Waals surface area (Å²) in [6, 6.07) is 3.71. The molecule has 0 saturated carbocycles. The minimum absolute atomic E-state index is 0.119. The van der Waals surface area contributed by atoms with E-state index in [1.165, 1.54) is 12.1 Å². The highest BCUT2D eigenvalue weighted by atomic mass is 35.5. The Morgan fingerprint density at radius 2 is 2.07 bits per heavy atom. The van der Waals surface area contributed by atoms with Crippen LogP contribution < -0.4 is 0 Å². The summed E-state index contributed by atoms with van der Waals surface area (Å²) in [5.41, 5.74) is 0.314. The van der Waals surface area contributed by atoms with Crippen molar-refractivity contribution in [2.24, 2.45) is 0 Å². The summed E-state index contributed by atoms with van der Waals surface area (Å²) in [4.78, 5) is 31.2. The van der Waals surface area contributed by atoms with Gasteiger partial charge < -0.3 is 14.5 Å². The average molecular weight is 398 g/mol. The zero-order valence-electron chi connectivity index (χ0n) is 15.5. The molecule has 3 rings (SSSR count).